The summed E-state index contributed by atoms with van der Waals surface area (Å²) in [6.07, 6.45) is 0. The fourth-order valence-corrected chi connectivity index (χ4v) is 2.08. The number of hydrogen-bond donors (Lipinski definition) is 0. The molecule has 0 aliphatic heterocycles. The standard InChI is InChI=1S/C15H10ClFN2O/c16-15-18-12-8-4-7-11(17)13(12)14(19-15)20-9-10-5-2-1-3-6-10/h1-8H,9H2. The Morgan fingerprint density at radius 2 is 1.80 bits per heavy atom. The highest BCUT2D eigenvalue weighted by Gasteiger charge is 2.12. The molecule has 0 aliphatic rings. The molecule has 0 unspecified atom stereocenters. The van der Waals surface area contributed by atoms with Crippen molar-refractivity contribution >= 4 is 22.5 Å². The fourth-order valence-electron chi connectivity index (χ4n) is 1.91. The molecule has 100 valence electrons. The Morgan fingerprint density at radius 3 is 2.60 bits per heavy atom. The van der Waals surface area contributed by atoms with E-state index >= 15 is 0 Å². The van der Waals surface area contributed by atoms with E-state index in [-0.39, 0.29) is 23.2 Å². The van der Waals surface area contributed by atoms with E-state index in [1.54, 1.807) is 12.1 Å². The van der Waals surface area contributed by atoms with Gasteiger partial charge in [0.05, 0.1) is 10.9 Å². The van der Waals surface area contributed by atoms with Gasteiger partial charge in [0, 0.05) is 0 Å². The molecule has 0 aliphatic carbocycles. The third kappa shape index (κ3) is 2.56. The number of ether oxygens (including phenoxy) is 1. The van der Waals surface area contributed by atoms with Crippen molar-refractivity contribution < 1.29 is 9.13 Å². The van der Waals surface area contributed by atoms with Crippen molar-refractivity contribution in [3.8, 4) is 5.88 Å². The van der Waals surface area contributed by atoms with Crippen molar-refractivity contribution in [2.75, 3.05) is 0 Å². The summed E-state index contributed by atoms with van der Waals surface area (Å²) >= 11 is 5.83. The van der Waals surface area contributed by atoms with Crippen molar-refractivity contribution in [1.29, 1.82) is 0 Å². The third-order valence-electron chi connectivity index (χ3n) is 2.83. The van der Waals surface area contributed by atoms with Gasteiger partial charge in [-0.3, -0.25) is 0 Å². The molecular formula is C15H10ClFN2O. The van der Waals surface area contributed by atoms with Crippen LogP contribution in [0.4, 0.5) is 4.39 Å². The van der Waals surface area contributed by atoms with E-state index in [1.165, 1.54) is 6.07 Å². The minimum absolute atomic E-state index is 0.0335. The zero-order chi connectivity index (χ0) is 13.9. The van der Waals surface area contributed by atoms with Crippen LogP contribution in [0, 0.1) is 5.82 Å². The number of benzene rings is 2. The molecule has 1 aromatic heterocycles. The Kier molecular flexibility index (Phi) is 3.48. The predicted octanol–water partition coefficient (Wildman–Crippen LogP) is 4.00. The van der Waals surface area contributed by atoms with E-state index < -0.39 is 5.82 Å². The van der Waals surface area contributed by atoms with Crippen molar-refractivity contribution in [1.82, 2.24) is 9.97 Å². The van der Waals surface area contributed by atoms with E-state index in [2.05, 4.69) is 9.97 Å². The highest BCUT2D eigenvalue weighted by atomic mass is 35.5. The lowest BCUT2D eigenvalue weighted by Gasteiger charge is -2.09. The average Bonchev–Trinajstić information content (AvgIpc) is 2.45. The van der Waals surface area contributed by atoms with E-state index in [9.17, 15) is 4.39 Å². The minimum Gasteiger partial charge on any atom is -0.472 e. The summed E-state index contributed by atoms with van der Waals surface area (Å²) in [5, 5.41) is 0.277. The summed E-state index contributed by atoms with van der Waals surface area (Å²) < 4.78 is 19.5. The number of aromatic nitrogens is 2. The molecular weight excluding hydrogens is 279 g/mol. The average molecular weight is 289 g/mol. The van der Waals surface area contributed by atoms with Gasteiger partial charge in [-0.1, -0.05) is 36.4 Å². The van der Waals surface area contributed by atoms with E-state index in [0.717, 1.165) is 5.56 Å². The van der Waals surface area contributed by atoms with Gasteiger partial charge in [0.1, 0.15) is 12.4 Å². The Bertz CT molecular complexity index is 749. The first-order chi connectivity index (χ1) is 9.74. The molecule has 3 aromatic rings. The lowest BCUT2D eigenvalue weighted by Crippen LogP contribution is -2.00. The molecule has 0 amide bonds. The Labute approximate surface area is 120 Å². The SMILES string of the molecule is Fc1cccc2nc(Cl)nc(OCc3ccccc3)c12. The molecule has 3 nitrogen and oxygen atoms in total. The van der Waals surface area contributed by atoms with Gasteiger partial charge in [-0.2, -0.15) is 4.98 Å². The molecule has 1 heterocycles. The van der Waals surface area contributed by atoms with Gasteiger partial charge in [-0.25, -0.2) is 9.37 Å². The highest BCUT2D eigenvalue weighted by molar-refractivity contribution is 6.28. The Hall–Kier alpha value is -2.20. The number of nitrogens with zero attached hydrogens (tertiary/aromatic N) is 2. The number of halogens is 2. The number of fused-ring (bicyclic) bond motifs is 1. The van der Waals surface area contributed by atoms with Crippen LogP contribution in [0.2, 0.25) is 5.28 Å². The van der Waals surface area contributed by atoms with Gasteiger partial charge >= 0.3 is 0 Å². The number of hydrogen-bond acceptors (Lipinski definition) is 3. The summed E-state index contributed by atoms with van der Waals surface area (Å²) in [6.45, 7) is 0.289. The quantitative estimate of drug-likeness (QED) is 0.683. The molecule has 0 N–H and O–H groups in total. The smallest absolute Gasteiger partial charge is 0.229 e. The van der Waals surface area contributed by atoms with Crippen LogP contribution in [0.3, 0.4) is 0 Å². The molecule has 0 spiro atoms. The molecule has 0 saturated carbocycles. The van der Waals surface area contributed by atoms with Crippen LogP contribution in [0.5, 0.6) is 5.88 Å². The maximum absolute atomic E-state index is 13.9. The van der Waals surface area contributed by atoms with Gasteiger partial charge in [-0.05, 0) is 29.3 Å². The minimum atomic E-state index is -0.428. The van der Waals surface area contributed by atoms with E-state index in [0.29, 0.717) is 5.52 Å². The molecule has 5 heteroatoms. The summed E-state index contributed by atoms with van der Waals surface area (Å²) in [7, 11) is 0. The lowest BCUT2D eigenvalue weighted by molar-refractivity contribution is 0.297. The molecule has 0 radical (unpaired) electrons. The van der Waals surface area contributed by atoms with Gasteiger partial charge in [0.15, 0.2) is 0 Å². The van der Waals surface area contributed by atoms with Crippen molar-refractivity contribution in [2.24, 2.45) is 0 Å². The Morgan fingerprint density at radius 1 is 1.00 bits per heavy atom. The second-order valence-corrected chi connectivity index (χ2v) is 4.54. The first-order valence-corrected chi connectivity index (χ1v) is 6.40. The lowest BCUT2D eigenvalue weighted by atomic mass is 10.2. The van der Waals surface area contributed by atoms with Crippen LogP contribution < -0.4 is 4.74 Å². The summed E-state index contributed by atoms with van der Waals surface area (Å²) in [5.41, 5.74) is 1.39. The molecule has 0 fully saturated rings. The molecule has 3 rings (SSSR count). The van der Waals surface area contributed by atoms with Crippen LogP contribution in [0.25, 0.3) is 10.9 Å². The van der Waals surface area contributed by atoms with Crippen LogP contribution in [0.1, 0.15) is 5.56 Å². The summed E-state index contributed by atoms with van der Waals surface area (Å²) in [5.74, 6) is -0.274. The molecule has 0 atom stereocenters. The van der Waals surface area contributed by atoms with Gasteiger partial charge in [0.2, 0.25) is 11.2 Å². The van der Waals surface area contributed by atoms with Gasteiger partial charge in [-0.15, -0.1) is 0 Å². The second kappa shape index (κ2) is 5.43. The summed E-state index contributed by atoms with van der Waals surface area (Å²) in [4.78, 5) is 7.96. The van der Waals surface area contributed by atoms with Crippen LogP contribution in [-0.2, 0) is 6.61 Å². The monoisotopic (exact) mass is 288 g/mol. The molecule has 2 aromatic carbocycles. The van der Waals surface area contributed by atoms with E-state index in [4.69, 9.17) is 16.3 Å². The van der Waals surface area contributed by atoms with Gasteiger partial charge < -0.3 is 4.74 Å². The maximum atomic E-state index is 13.9. The van der Waals surface area contributed by atoms with Crippen molar-refractivity contribution in [3.05, 3.63) is 65.2 Å². The van der Waals surface area contributed by atoms with Gasteiger partial charge in [0.25, 0.3) is 0 Å². The first kappa shape index (κ1) is 12.8. The zero-order valence-electron chi connectivity index (χ0n) is 10.4. The first-order valence-electron chi connectivity index (χ1n) is 6.02. The summed E-state index contributed by atoms with van der Waals surface area (Å²) in [6, 6.07) is 14.1. The Balaban J connectivity index is 1.98. The fraction of sp³-hybridized carbons (Fsp3) is 0.0667. The van der Waals surface area contributed by atoms with Crippen LogP contribution >= 0.6 is 11.6 Å². The maximum Gasteiger partial charge on any atom is 0.229 e. The highest BCUT2D eigenvalue weighted by Crippen LogP contribution is 2.27. The van der Waals surface area contributed by atoms with E-state index in [1.807, 2.05) is 30.3 Å². The second-order valence-electron chi connectivity index (χ2n) is 4.21. The largest absolute Gasteiger partial charge is 0.472 e. The normalized spacial score (nSPS) is 10.7. The molecule has 0 saturated heterocycles. The van der Waals surface area contributed by atoms with Crippen molar-refractivity contribution in [2.45, 2.75) is 6.61 Å². The third-order valence-corrected chi connectivity index (χ3v) is 3.00. The van der Waals surface area contributed by atoms with Crippen molar-refractivity contribution in [3.63, 3.8) is 0 Å². The zero-order valence-corrected chi connectivity index (χ0v) is 11.1. The van der Waals surface area contributed by atoms with Crippen LogP contribution in [0.15, 0.2) is 48.5 Å². The number of rotatable bonds is 3. The molecule has 20 heavy (non-hydrogen) atoms. The predicted molar refractivity (Wildman–Crippen MR) is 75.3 cm³/mol. The molecule has 0 bridgehead atoms. The van der Waals surface area contributed by atoms with Crippen LogP contribution in [-0.4, -0.2) is 9.97 Å². The topological polar surface area (TPSA) is 35.0 Å².